The molecule has 2 fully saturated rings. The minimum Gasteiger partial charge on any atom is -0.422 e. The molecule has 8 nitrogen and oxygen atoms in total. The van der Waals surface area contributed by atoms with E-state index in [1.54, 1.807) is 18.2 Å². The number of rotatable bonds is 3. The molecule has 8 heteroatoms. The summed E-state index contributed by atoms with van der Waals surface area (Å²) in [5, 5.41) is 0. The number of hydrogen-bond donors (Lipinski definition) is 0. The molecule has 0 N–H and O–H groups in total. The third kappa shape index (κ3) is 3.32. The smallest absolute Gasteiger partial charge is 0.328 e. The van der Waals surface area contributed by atoms with Crippen molar-refractivity contribution in [3.63, 3.8) is 0 Å². The quantitative estimate of drug-likeness (QED) is 0.399. The monoisotopic (exact) mass is 440 g/mol. The van der Waals surface area contributed by atoms with Crippen LogP contribution in [-0.2, 0) is 57.4 Å². The van der Waals surface area contributed by atoms with E-state index in [0.29, 0.717) is 5.56 Å². The fourth-order valence-electron chi connectivity index (χ4n) is 4.49. The highest BCUT2D eigenvalue weighted by atomic mass is 16.8. The molecule has 32 heavy (non-hydrogen) atoms. The van der Waals surface area contributed by atoms with Crippen LogP contribution in [-0.4, -0.2) is 35.5 Å². The number of esters is 4. The Morgan fingerprint density at radius 1 is 0.812 bits per heavy atom. The van der Waals surface area contributed by atoms with Gasteiger partial charge in [0, 0.05) is 40.5 Å². The second-order valence-electron chi connectivity index (χ2n) is 9.54. The summed E-state index contributed by atoms with van der Waals surface area (Å²) in [7, 11) is 0. The molecule has 1 aliphatic carbocycles. The standard InChI is InChI=1S/C24H24O8/c1-6-9-23(17(25)29-21(2,3)30-18(23)26)11-14-7-8-15-12-24(13-16(15)10-14)19(27)31-22(4,5)32-20(24)28/h1,7-8,10H,9,11-13H2,2-5H3. The van der Waals surface area contributed by atoms with Gasteiger partial charge in [-0.2, -0.15) is 0 Å². The normalized spacial score (nSPS) is 24.0. The maximum Gasteiger partial charge on any atom is 0.328 e. The first kappa shape index (κ1) is 21.9. The van der Waals surface area contributed by atoms with Gasteiger partial charge in [0.15, 0.2) is 10.8 Å². The van der Waals surface area contributed by atoms with Crippen molar-refractivity contribution in [2.24, 2.45) is 10.8 Å². The molecule has 3 aliphatic rings. The number of fused-ring (bicyclic) bond motifs is 1. The van der Waals surface area contributed by atoms with Gasteiger partial charge in [-0.3, -0.25) is 19.2 Å². The zero-order chi connectivity index (χ0) is 23.5. The molecule has 1 spiro atoms. The molecular weight excluding hydrogens is 416 g/mol. The Bertz CT molecular complexity index is 1050. The number of terminal acetylenes is 1. The van der Waals surface area contributed by atoms with Crippen molar-refractivity contribution < 1.29 is 38.1 Å². The molecule has 4 rings (SSSR count). The summed E-state index contributed by atoms with van der Waals surface area (Å²) in [6, 6.07) is 5.27. The highest BCUT2D eigenvalue weighted by molar-refractivity contribution is 6.03. The Morgan fingerprint density at radius 2 is 1.31 bits per heavy atom. The first-order valence-corrected chi connectivity index (χ1v) is 10.3. The lowest BCUT2D eigenvalue weighted by Crippen LogP contribution is -2.54. The molecule has 1 aromatic rings. The fraction of sp³-hybridized carbons (Fsp3) is 0.500. The summed E-state index contributed by atoms with van der Waals surface area (Å²) in [4.78, 5) is 51.1. The first-order valence-electron chi connectivity index (χ1n) is 10.3. The average molecular weight is 440 g/mol. The van der Waals surface area contributed by atoms with Crippen LogP contribution < -0.4 is 0 Å². The average Bonchev–Trinajstić information content (AvgIpc) is 3.04. The van der Waals surface area contributed by atoms with Crippen LogP contribution in [0.1, 0.15) is 50.8 Å². The molecule has 2 saturated heterocycles. The molecule has 0 bridgehead atoms. The lowest BCUT2D eigenvalue weighted by atomic mass is 9.77. The van der Waals surface area contributed by atoms with Gasteiger partial charge in [0.1, 0.15) is 0 Å². The van der Waals surface area contributed by atoms with Gasteiger partial charge in [-0.05, 0) is 29.5 Å². The van der Waals surface area contributed by atoms with Crippen molar-refractivity contribution in [1.82, 2.24) is 0 Å². The van der Waals surface area contributed by atoms with E-state index < -0.39 is 46.3 Å². The molecule has 0 saturated carbocycles. The lowest BCUT2D eigenvalue weighted by molar-refractivity contribution is -0.252. The predicted molar refractivity (Wildman–Crippen MR) is 108 cm³/mol. The number of benzene rings is 1. The second-order valence-corrected chi connectivity index (χ2v) is 9.54. The van der Waals surface area contributed by atoms with Crippen LogP contribution in [0.25, 0.3) is 0 Å². The van der Waals surface area contributed by atoms with E-state index >= 15 is 0 Å². The van der Waals surface area contributed by atoms with E-state index in [-0.39, 0.29) is 25.7 Å². The van der Waals surface area contributed by atoms with Gasteiger partial charge in [-0.25, -0.2) is 0 Å². The molecule has 2 aliphatic heterocycles. The lowest BCUT2D eigenvalue weighted by Gasteiger charge is -2.39. The number of hydrogen-bond acceptors (Lipinski definition) is 8. The summed E-state index contributed by atoms with van der Waals surface area (Å²) in [5.41, 5.74) is -0.933. The molecule has 2 heterocycles. The van der Waals surface area contributed by atoms with E-state index in [1.165, 1.54) is 27.7 Å². The molecule has 0 unspecified atom stereocenters. The molecule has 0 amide bonds. The van der Waals surface area contributed by atoms with Crippen molar-refractivity contribution >= 4 is 23.9 Å². The van der Waals surface area contributed by atoms with Crippen molar-refractivity contribution in [1.29, 1.82) is 0 Å². The van der Waals surface area contributed by atoms with Gasteiger partial charge in [0.25, 0.3) is 11.6 Å². The van der Waals surface area contributed by atoms with Crippen molar-refractivity contribution in [2.45, 2.75) is 65.0 Å². The maximum atomic E-state index is 12.8. The first-order chi connectivity index (χ1) is 14.8. The van der Waals surface area contributed by atoms with Gasteiger partial charge in [0.05, 0.1) is 0 Å². The molecule has 0 radical (unpaired) electrons. The molecule has 168 valence electrons. The zero-order valence-electron chi connectivity index (χ0n) is 18.4. The second kappa shape index (κ2) is 6.83. The summed E-state index contributed by atoms with van der Waals surface area (Å²) in [6.07, 6.45) is 5.50. The largest absolute Gasteiger partial charge is 0.422 e. The van der Waals surface area contributed by atoms with Crippen LogP contribution >= 0.6 is 0 Å². The van der Waals surface area contributed by atoms with Crippen LogP contribution in [0.15, 0.2) is 18.2 Å². The van der Waals surface area contributed by atoms with E-state index in [1.807, 2.05) is 0 Å². The topological polar surface area (TPSA) is 105 Å². The molecule has 0 aromatic heterocycles. The van der Waals surface area contributed by atoms with Gasteiger partial charge < -0.3 is 18.9 Å². The number of carbonyl (C=O) groups is 4. The summed E-state index contributed by atoms with van der Waals surface area (Å²) >= 11 is 0. The molecular formula is C24H24O8. The minimum atomic E-state index is -1.67. The molecule has 1 aromatic carbocycles. The van der Waals surface area contributed by atoms with Crippen molar-refractivity contribution in [2.75, 3.05) is 0 Å². The van der Waals surface area contributed by atoms with E-state index in [9.17, 15) is 19.2 Å². The summed E-state index contributed by atoms with van der Waals surface area (Å²) < 4.78 is 21.3. The van der Waals surface area contributed by atoms with Crippen molar-refractivity contribution in [3.8, 4) is 12.3 Å². The Hall–Kier alpha value is -3.34. The Labute approximate surface area is 185 Å². The highest BCUT2D eigenvalue weighted by Gasteiger charge is 2.59. The van der Waals surface area contributed by atoms with Crippen LogP contribution in [0.5, 0.6) is 0 Å². The Kier molecular flexibility index (Phi) is 4.67. The summed E-state index contributed by atoms with van der Waals surface area (Å²) in [6.45, 7) is 5.96. The Balaban J connectivity index is 1.63. The molecule has 0 atom stereocenters. The third-order valence-corrected chi connectivity index (χ3v) is 6.08. The van der Waals surface area contributed by atoms with Gasteiger partial charge >= 0.3 is 23.9 Å². The van der Waals surface area contributed by atoms with Crippen molar-refractivity contribution in [3.05, 3.63) is 34.9 Å². The SMILES string of the molecule is C#CCC1(Cc2ccc3c(c2)CC2(C3)C(=O)OC(C)(C)OC2=O)C(=O)OC(C)(C)OC1=O. The van der Waals surface area contributed by atoms with Gasteiger partial charge in [0.2, 0.25) is 0 Å². The number of ether oxygens (including phenoxy) is 4. The number of carbonyl (C=O) groups excluding carboxylic acids is 4. The third-order valence-electron chi connectivity index (χ3n) is 6.08. The number of cyclic esters (lactones) is 4. The van der Waals surface area contributed by atoms with Crippen LogP contribution in [0.4, 0.5) is 0 Å². The zero-order valence-corrected chi connectivity index (χ0v) is 18.4. The van der Waals surface area contributed by atoms with Crippen LogP contribution in [0.2, 0.25) is 0 Å². The fourth-order valence-corrected chi connectivity index (χ4v) is 4.49. The highest BCUT2D eigenvalue weighted by Crippen LogP contribution is 2.45. The van der Waals surface area contributed by atoms with Gasteiger partial charge in [-0.1, -0.05) is 18.2 Å². The van der Waals surface area contributed by atoms with Gasteiger partial charge in [-0.15, -0.1) is 12.3 Å². The predicted octanol–water partition coefficient (Wildman–Crippen LogP) is 2.00. The summed E-state index contributed by atoms with van der Waals surface area (Å²) in [5.74, 6) is -3.02. The minimum absolute atomic E-state index is 0.0346. The maximum absolute atomic E-state index is 12.8. The van der Waals surface area contributed by atoms with E-state index in [2.05, 4.69) is 5.92 Å². The Morgan fingerprint density at radius 3 is 1.84 bits per heavy atom. The van der Waals surface area contributed by atoms with Crippen LogP contribution in [0, 0.1) is 23.2 Å². The van der Waals surface area contributed by atoms with E-state index in [0.717, 1.165) is 11.1 Å². The van der Waals surface area contributed by atoms with E-state index in [4.69, 9.17) is 25.4 Å². The van der Waals surface area contributed by atoms with Crippen LogP contribution in [0.3, 0.4) is 0 Å².